The number of sulfonamides is 1. The summed E-state index contributed by atoms with van der Waals surface area (Å²) in [5.41, 5.74) is 0.684. The molecule has 2 heterocycles. The van der Waals surface area contributed by atoms with Gasteiger partial charge in [0.25, 0.3) is 15.7 Å². The Morgan fingerprint density at radius 2 is 1.75 bits per heavy atom. The Morgan fingerprint density at radius 3 is 2.33 bits per heavy atom. The Kier molecular flexibility index (Phi) is 7.70. The lowest BCUT2D eigenvalue weighted by Crippen LogP contribution is -2.42. The Hall–Kier alpha value is -3.70. The van der Waals surface area contributed by atoms with Crippen molar-refractivity contribution >= 4 is 27.2 Å². The van der Waals surface area contributed by atoms with E-state index in [9.17, 15) is 27.7 Å². The van der Waals surface area contributed by atoms with Crippen LogP contribution in [0.5, 0.6) is 0 Å². The minimum atomic E-state index is -4.00. The number of rotatable bonds is 9. The van der Waals surface area contributed by atoms with E-state index in [1.165, 1.54) is 46.9 Å². The zero-order valence-corrected chi connectivity index (χ0v) is 20.2. The number of nitro benzene ring substituents is 1. The highest BCUT2D eigenvalue weighted by Crippen LogP contribution is 2.26. The van der Waals surface area contributed by atoms with Crippen molar-refractivity contribution in [1.29, 1.82) is 0 Å². The number of nitro groups is 1. The zero-order valence-electron chi connectivity index (χ0n) is 19.4. The number of likely N-dealkylation sites (tertiary alicyclic amines) is 1. The number of anilines is 1. The maximum Gasteiger partial charge on any atom is 0.269 e. The minimum absolute atomic E-state index is 0.00705. The van der Waals surface area contributed by atoms with Gasteiger partial charge in [-0.3, -0.25) is 24.2 Å². The molecule has 0 aliphatic carbocycles. The summed E-state index contributed by atoms with van der Waals surface area (Å²) in [5, 5.41) is 10.9. The average Bonchev–Trinajstić information content (AvgIpc) is 2.90. The number of carbonyl (C=O) groups excluding carboxylic acids is 1. The molecule has 2 aromatic carbocycles. The van der Waals surface area contributed by atoms with Crippen LogP contribution in [0, 0.1) is 21.8 Å². The Labute approximate surface area is 208 Å². The molecule has 1 aliphatic rings. The fourth-order valence-corrected chi connectivity index (χ4v) is 5.70. The molecule has 1 aromatic heterocycles. The van der Waals surface area contributed by atoms with Gasteiger partial charge in [-0.2, -0.15) is 0 Å². The first-order valence-electron chi connectivity index (χ1n) is 11.4. The first-order valence-corrected chi connectivity index (χ1v) is 12.9. The maximum absolute atomic E-state index is 13.4. The van der Waals surface area contributed by atoms with Gasteiger partial charge in [-0.1, -0.05) is 0 Å². The predicted octanol–water partition coefficient (Wildman–Crippen LogP) is 3.92. The third-order valence-corrected chi connectivity index (χ3v) is 8.12. The van der Waals surface area contributed by atoms with E-state index < -0.39 is 14.9 Å². The summed E-state index contributed by atoms with van der Waals surface area (Å²) >= 11 is 0. The lowest BCUT2D eigenvalue weighted by atomic mass is 9.89. The molecule has 0 atom stereocenters. The molecule has 1 aliphatic heterocycles. The smallest absolute Gasteiger partial charge is 0.269 e. The molecule has 1 fully saturated rings. The van der Waals surface area contributed by atoms with Crippen molar-refractivity contribution in [3.63, 3.8) is 0 Å². The molecule has 0 saturated carbocycles. The van der Waals surface area contributed by atoms with Crippen LogP contribution in [0.4, 0.5) is 15.8 Å². The first kappa shape index (κ1) is 25.4. The highest BCUT2D eigenvalue weighted by atomic mass is 32.2. The van der Waals surface area contributed by atoms with E-state index in [-0.39, 0.29) is 34.6 Å². The van der Waals surface area contributed by atoms with E-state index >= 15 is 0 Å². The zero-order chi connectivity index (χ0) is 25.7. The van der Waals surface area contributed by atoms with Crippen LogP contribution in [0.1, 0.15) is 23.2 Å². The molecule has 0 radical (unpaired) electrons. The second kappa shape index (κ2) is 10.9. The summed E-state index contributed by atoms with van der Waals surface area (Å²) in [6.45, 7) is 1.81. The Balaban J connectivity index is 1.43. The van der Waals surface area contributed by atoms with Crippen LogP contribution in [0.2, 0.25) is 0 Å². The fourth-order valence-electron chi connectivity index (χ4n) is 4.26. The van der Waals surface area contributed by atoms with Gasteiger partial charge < -0.3 is 4.90 Å². The number of benzene rings is 2. The number of carbonyl (C=O) groups is 1. The molecule has 36 heavy (non-hydrogen) atoms. The van der Waals surface area contributed by atoms with E-state index in [2.05, 4.69) is 9.88 Å². The van der Waals surface area contributed by atoms with Crippen molar-refractivity contribution in [3.8, 4) is 0 Å². The molecule has 0 unspecified atom stereocenters. The van der Waals surface area contributed by atoms with E-state index in [4.69, 9.17) is 0 Å². The van der Waals surface area contributed by atoms with Crippen molar-refractivity contribution in [2.24, 2.45) is 5.92 Å². The molecule has 3 aromatic rings. The highest BCUT2D eigenvalue weighted by molar-refractivity contribution is 7.92. The minimum Gasteiger partial charge on any atom is -0.301 e. The third kappa shape index (κ3) is 5.74. The largest absolute Gasteiger partial charge is 0.301 e. The number of halogens is 1. The second-order valence-electron chi connectivity index (χ2n) is 8.53. The fraction of sp³-hybridized carbons (Fsp3) is 0.280. The number of pyridine rings is 1. The first-order chi connectivity index (χ1) is 17.3. The number of aromatic nitrogens is 1. The van der Waals surface area contributed by atoms with Gasteiger partial charge in [0.05, 0.1) is 21.7 Å². The molecule has 0 spiro atoms. The highest BCUT2D eigenvalue weighted by Gasteiger charge is 2.29. The number of hydrogen-bond donors (Lipinski definition) is 0. The van der Waals surface area contributed by atoms with Crippen LogP contribution >= 0.6 is 0 Å². The van der Waals surface area contributed by atoms with Crippen molar-refractivity contribution in [2.45, 2.75) is 17.7 Å². The normalized spacial score (nSPS) is 14.9. The quantitative estimate of drug-likeness (QED) is 0.243. The van der Waals surface area contributed by atoms with Crippen molar-refractivity contribution in [2.75, 3.05) is 30.5 Å². The number of hydrogen-bond acceptors (Lipinski definition) is 7. The number of ketones is 1. The monoisotopic (exact) mass is 512 g/mol. The van der Waals surface area contributed by atoms with Crippen LogP contribution in [-0.2, 0) is 10.0 Å². The van der Waals surface area contributed by atoms with Gasteiger partial charge in [-0.05, 0) is 74.5 Å². The van der Waals surface area contributed by atoms with E-state index in [0.717, 1.165) is 12.1 Å². The second-order valence-corrected chi connectivity index (χ2v) is 10.4. The SMILES string of the molecule is O=C(c1ccc(F)cc1)C1CCN(CCN(c2cccnc2)S(=O)(=O)c2ccc([N+](=O)[O-])cc2)CC1. The standard InChI is InChI=1S/C25H25FN4O5S/c26-21-5-3-19(4-6-21)25(31)20-11-14-28(15-12-20)16-17-29(23-2-1-13-27-18-23)36(34,35)24-9-7-22(8-10-24)30(32)33/h1-10,13,18,20H,11-12,14-17H2. The van der Waals surface area contributed by atoms with Crippen LogP contribution in [0.15, 0.2) is 78.0 Å². The molecule has 9 nitrogen and oxygen atoms in total. The molecule has 4 rings (SSSR count). The van der Waals surface area contributed by atoms with E-state index in [1.54, 1.807) is 18.3 Å². The number of Topliss-reactive ketones (excluding diaryl/α,β-unsaturated/α-hetero) is 1. The van der Waals surface area contributed by atoms with Crippen LogP contribution < -0.4 is 4.31 Å². The molecular formula is C25H25FN4O5S. The molecule has 188 valence electrons. The number of piperidine rings is 1. The van der Waals surface area contributed by atoms with Crippen molar-refractivity contribution in [3.05, 3.63) is 94.6 Å². The Bertz CT molecular complexity index is 1310. The topological polar surface area (TPSA) is 114 Å². The van der Waals surface area contributed by atoms with Gasteiger partial charge in [0.2, 0.25) is 0 Å². The van der Waals surface area contributed by atoms with Gasteiger partial charge in [0.15, 0.2) is 5.78 Å². The molecule has 1 saturated heterocycles. The number of nitrogens with zero attached hydrogens (tertiary/aromatic N) is 4. The molecule has 0 N–H and O–H groups in total. The van der Waals surface area contributed by atoms with Crippen LogP contribution in [-0.4, -0.2) is 55.2 Å². The summed E-state index contributed by atoms with van der Waals surface area (Å²) in [6.07, 6.45) is 4.25. The van der Waals surface area contributed by atoms with Gasteiger partial charge in [0.1, 0.15) is 5.82 Å². The van der Waals surface area contributed by atoms with Gasteiger partial charge in [0, 0.05) is 42.9 Å². The van der Waals surface area contributed by atoms with Crippen LogP contribution in [0.25, 0.3) is 0 Å². The predicted molar refractivity (Wildman–Crippen MR) is 132 cm³/mol. The lowest BCUT2D eigenvalue weighted by molar-refractivity contribution is -0.384. The van der Waals surface area contributed by atoms with E-state index in [0.29, 0.717) is 43.7 Å². The summed E-state index contributed by atoms with van der Waals surface area (Å²) in [7, 11) is -4.00. The summed E-state index contributed by atoms with van der Waals surface area (Å²) < 4.78 is 41.3. The van der Waals surface area contributed by atoms with E-state index in [1.807, 2.05) is 0 Å². The molecular weight excluding hydrogens is 487 g/mol. The Morgan fingerprint density at radius 1 is 1.08 bits per heavy atom. The molecule has 0 amide bonds. The average molecular weight is 513 g/mol. The van der Waals surface area contributed by atoms with Crippen molar-refractivity contribution < 1.29 is 22.5 Å². The van der Waals surface area contributed by atoms with Gasteiger partial charge >= 0.3 is 0 Å². The third-order valence-electron chi connectivity index (χ3n) is 6.28. The molecule has 11 heteroatoms. The van der Waals surface area contributed by atoms with Gasteiger partial charge in [-0.15, -0.1) is 0 Å². The summed E-state index contributed by atoms with van der Waals surface area (Å²) in [5.74, 6) is -0.555. The van der Waals surface area contributed by atoms with Crippen LogP contribution in [0.3, 0.4) is 0 Å². The lowest BCUT2D eigenvalue weighted by Gasteiger charge is -2.33. The summed E-state index contributed by atoms with van der Waals surface area (Å²) in [4.78, 5) is 29.2. The summed E-state index contributed by atoms with van der Waals surface area (Å²) in [6, 6.07) is 13.6. The number of non-ortho nitro benzene ring substituents is 1. The van der Waals surface area contributed by atoms with Gasteiger partial charge in [-0.25, -0.2) is 12.8 Å². The molecule has 0 bridgehead atoms. The maximum atomic E-state index is 13.4. The van der Waals surface area contributed by atoms with Crippen molar-refractivity contribution in [1.82, 2.24) is 9.88 Å².